The lowest BCUT2D eigenvalue weighted by molar-refractivity contribution is 0.0172. The number of ether oxygens (including phenoxy) is 2. The van der Waals surface area contributed by atoms with Crippen molar-refractivity contribution in [3.63, 3.8) is 0 Å². The maximum Gasteiger partial charge on any atom is 0.123 e. The highest BCUT2D eigenvalue weighted by molar-refractivity contribution is 5.85. The van der Waals surface area contributed by atoms with Gasteiger partial charge in [-0.1, -0.05) is 12.1 Å². The molecule has 3 aromatic rings. The van der Waals surface area contributed by atoms with Crippen molar-refractivity contribution >= 4 is 16.6 Å². The van der Waals surface area contributed by atoms with Crippen molar-refractivity contribution in [2.24, 2.45) is 0 Å². The largest absolute Gasteiger partial charge is 0.378 e. The molecular weight excluding hydrogens is 407 g/mol. The van der Waals surface area contributed by atoms with Crippen LogP contribution in [0.5, 0.6) is 0 Å². The summed E-state index contributed by atoms with van der Waals surface area (Å²) in [5, 5.41) is 12.0. The van der Waals surface area contributed by atoms with Crippen LogP contribution in [-0.4, -0.2) is 56.2 Å². The van der Waals surface area contributed by atoms with E-state index >= 15 is 0 Å². The number of nitrogens with zero attached hydrogens (tertiary/aromatic N) is 2. The van der Waals surface area contributed by atoms with Crippen LogP contribution in [0.4, 0.5) is 10.1 Å². The number of fused-ring (bicyclic) bond motifs is 1. The Morgan fingerprint density at radius 1 is 1.16 bits per heavy atom. The van der Waals surface area contributed by atoms with Gasteiger partial charge in [-0.15, -0.1) is 0 Å². The number of halogens is 1. The number of anilines is 1. The van der Waals surface area contributed by atoms with Gasteiger partial charge in [-0.2, -0.15) is 5.10 Å². The molecule has 0 bridgehead atoms. The van der Waals surface area contributed by atoms with Gasteiger partial charge in [0.15, 0.2) is 0 Å². The number of benzene rings is 2. The Morgan fingerprint density at radius 2 is 1.91 bits per heavy atom. The predicted molar refractivity (Wildman–Crippen MR) is 124 cm³/mol. The van der Waals surface area contributed by atoms with Gasteiger partial charge >= 0.3 is 0 Å². The Hall–Kier alpha value is -2.48. The second kappa shape index (κ2) is 9.17. The molecule has 2 fully saturated rings. The third-order valence-electron chi connectivity index (χ3n) is 7.01. The Kier molecular flexibility index (Phi) is 6.13. The van der Waals surface area contributed by atoms with Gasteiger partial charge in [0.1, 0.15) is 5.82 Å². The number of rotatable bonds is 6. The lowest BCUT2D eigenvalue weighted by Crippen LogP contribution is -2.43. The maximum absolute atomic E-state index is 13.6. The number of morpholine rings is 1. The summed E-state index contributed by atoms with van der Waals surface area (Å²) < 4.78 is 25.6. The van der Waals surface area contributed by atoms with E-state index in [0.29, 0.717) is 6.61 Å². The van der Waals surface area contributed by atoms with Gasteiger partial charge in [-0.3, -0.25) is 5.10 Å². The summed E-state index contributed by atoms with van der Waals surface area (Å²) in [5.74, 6) is -0.200. The van der Waals surface area contributed by atoms with E-state index in [9.17, 15) is 4.39 Å². The molecule has 2 aliphatic heterocycles. The normalized spacial score (nSPS) is 19.9. The monoisotopic (exact) mass is 438 g/mol. The first-order chi connectivity index (χ1) is 15.6. The number of nitrogens with one attached hydrogen (secondary N) is 2. The van der Waals surface area contributed by atoms with Crippen LogP contribution in [0.2, 0.25) is 0 Å². The van der Waals surface area contributed by atoms with Crippen molar-refractivity contribution in [3.8, 4) is 0 Å². The first-order valence-electron chi connectivity index (χ1n) is 11.5. The average molecular weight is 439 g/mol. The molecule has 0 amide bonds. The smallest absolute Gasteiger partial charge is 0.123 e. The van der Waals surface area contributed by atoms with E-state index < -0.39 is 0 Å². The number of hydrogen-bond acceptors (Lipinski definition) is 5. The zero-order chi connectivity index (χ0) is 22.0. The van der Waals surface area contributed by atoms with Crippen molar-refractivity contribution in [1.29, 1.82) is 0 Å². The number of piperidine rings is 1. The fourth-order valence-corrected chi connectivity index (χ4v) is 4.99. The highest BCUT2D eigenvalue weighted by atomic mass is 19.1. The van der Waals surface area contributed by atoms with Crippen molar-refractivity contribution in [2.75, 3.05) is 50.9 Å². The van der Waals surface area contributed by atoms with Crippen molar-refractivity contribution in [1.82, 2.24) is 15.5 Å². The van der Waals surface area contributed by atoms with Crippen LogP contribution in [0, 0.1) is 5.82 Å². The van der Waals surface area contributed by atoms with Crippen LogP contribution in [0.1, 0.15) is 37.0 Å². The zero-order valence-electron chi connectivity index (χ0n) is 18.6. The molecule has 2 aliphatic rings. The third kappa shape index (κ3) is 4.25. The first kappa shape index (κ1) is 21.4. The van der Waals surface area contributed by atoms with Crippen LogP contribution in [0.15, 0.2) is 42.6 Å². The minimum Gasteiger partial charge on any atom is -0.378 e. The minimum absolute atomic E-state index is 0.105. The molecule has 0 radical (unpaired) electrons. The lowest BCUT2D eigenvalue weighted by Gasteiger charge is -2.39. The van der Waals surface area contributed by atoms with Crippen molar-refractivity contribution in [3.05, 3.63) is 59.5 Å². The second-order valence-corrected chi connectivity index (χ2v) is 8.96. The van der Waals surface area contributed by atoms with Gasteiger partial charge in [0.25, 0.3) is 0 Å². The van der Waals surface area contributed by atoms with Crippen molar-refractivity contribution in [2.45, 2.75) is 31.3 Å². The van der Waals surface area contributed by atoms with E-state index in [0.717, 1.165) is 74.3 Å². The van der Waals surface area contributed by atoms with Gasteiger partial charge < -0.3 is 19.7 Å². The highest BCUT2D eigenvalue weighted by Gasteiger charge is 2.35. The molecule has 170 valence electrons. The molecular formula is C25H31FN4O2. The predicted octanol–water partition coefficient (Wildman–Crippen LogP) is 3.94. The summed E-state index contributed by atoms with van der Waals surface area (Å²) in [7, 11) is 0. The summed E-state index contributed by atoms with van der Waals surface area (Å²) >= 11 is 0. The standard InChI is InChI=1S/C25H31FN4O2/c1-18(32-17-25(6-8-27-9-7-25)20-2-4-21(26)5-3-20)23-15-22(30-10-12-31-13-11-30)14-19-16-28-29-24(19)23/h2-5,14-16,18,27H,6-13,17H2,1H3,(H,28,29). The quantitative estimate of drug-likeness (QED) is 0.611. The summed E-state index contributed by atoms with van der Waals surface area (Å²) in [6.45, 7) is 7.85. The molecule has 7 heteroatoms. The lowest BCUT2D eigenvalue weighted by atomic mass is 9.74. The molecule has 2 aromatic carbocycles. The molecule has 1 unspecified atom stereocenters. The molecule has 5 rings (SSSR count). The van der Waals surface area contributed by atoms with Crippen LogP contribution in [0.25, 0.3) is 10.9 Å². The molecule has 2 saturated heterocycles. The fraction of sp³-hybridized carbons (Fsp3) is 0.480. The number of aromatic nitrogens is 2. The third-order valence-corrected chi connectivity index (χ3v) is 7.01. The molecule has 1 aromatic heterocycles. The zero-order valence-corrected chi connectivity index (χ0v) is 18.6. The molecule has 0 aliphatic carbocycles. The van der Waals surface area contributed by atoms with Crippen LogP contribution in [-0.2, 0) is 14.9 Å². The molecule has 6 nitrogen and oxygen atoms in total. The summed E-state index contributed by atoms with van der Waals surface area (Å²) in [4.78, 5) is 2.36. The highest BCUT2D eigenvalue weighted by Crippen LogP contribution is 2.37. The van der Waals surface area contributed by atoms with E-state index in [-0.39, 0.29) is 17.3 Å². The Bertz CT molecular complexity index is 1040. The molecule has 1 atom stereocenters. The Balaban J connectivity index is 1.40. The van der Waals surface area contributed by atoms with Gasteiger partial charge in [0.05, 0.1) is 37.6 Å². The SMILES string of the molecule is CC(OCC1(c2ccc(F)cc2)CCNCC1)c1cc(N2CCOCC2)cc2cn[nH]c12. The van der Waals surface area contributed by atoms with Gasteiger partial charge in [0.2, 0.25) is 0 Å². The summed E-state index contributed by atoms with van der Waals surface area (Å²) in [5.41, 5.74) is 4.37. The van der Waals surface area contributed by atoms with Gasteiger partial charge in [-0.05, 0) is 62.7 Å². The van der Waals surface area contributed by atoms with Crippen LogP contribution >= 0.6 is 0 Å². The van der Waals surface area contributed by atoms with E-state index in [1.54, 1.807) is 12.1 Å². The van der Waals surface area contributed by atoms with E-state index in [2.05, 4.69) is 39.5 Å². The molecule has 0 saturated carbocycles. The molecule has 32 heavy (non-hydrogen) atoms. The maximum atomic E-state index is 13.6. The average Bonchev–Trinajstić information content (AvgIpc) is 3.32. The molecule has 2 N–H and O–H groups in total. The second-order valence-electron chi connectivity index (χ2n) is 8.96. The van der Waals surface area contributed by atoms with Crippen LogP contribution < -0.4 is 10.2 Å². The summed E-state index contributed by atoms with van der Waals surface area (Å²) in [6, 6.07) is 11.4. The van der Waals surface area contributed by atoms with E-state index in [1.165, 1.54) is 5.69 Å². The Morgan fingerprint density at radius 3 is 2.66 bits per heavy atom. The fourth-order valence-electron chi connectivity index (χ4n) is 4.99. The van der Waals surface area contributed by atoms with Gasteiger partial charge in [0, 0.05) is 35.1 Å². The van der Waals surface area contributed by atoms with Crippen LogP contribution in [0.3, 0.4) is 0 Å². The molecule has 3 heterocycles. The number of aromatic amines is 1. The number of H-pyrrole nitrogens is 1. The van der Waals surface area contributed by atoms with Crippen molar-refractivity contribution < 1.29 is 13.9 Å². The van der Waals surface area contributed by atoms with E-state index in [1.807, 2.05) is 18.3 Å². The minimum atomic E-state index is -0.200. The summed E-state index contributed by atoms with van der Waals surface area (Å²) in [6.07, 6.45) is 3.71. The topological polar surface area (TPSA) is 62.4 Å². The van der Waals surface area contributed by atoms with Gasteiger partial charge in [-0.25, -0.2) is 4.39 Å². The Labute approximate surface area is 188 Å². The number of hydrogen-bond donors (Lipinski definition) is 2. The first-order valence-corrected chi connectivity index (χ1v) is 11.5. The van der Waals surface area contributed by atoms with E-state index in [4.69, 9.17) is 9.47 Å². The molecule has 0 spiro atoms.